The second-order valence-corrected chi connectivity index (χ2v) is 16.8. The van der Waals surface area contributed by atoms with Gasteiger partial charge in [-0.1, -0.05) is 97.9 Å². The molecule has 0 bridgehead atoms. The van der Waals surface area contributed by atoms with E-state index in [0.717, 1.165) is 63.8 Å². The maximum absolute atomic E-state index is 12.8. The average molecular weight is 949 g/mol. The number of nitrogens with one attached hydrogen (secondary N) is 2. The van der Waals surface area contributed by atoms with Crippen LogP contribution < -0.4 is 10.6 Å². The Labute approximate surface area is 412 Å². The van der Waals surface area contributed by atoms with Crippen LogP contribution in [0.15, 0.2) is 109 Å². The fraction of sp³-hybridized carbons (Fsp3) is 0.333. The molecule has 0 spiro atoms. The van der Waals surface area contributed by atoms with Crippen LogP contribution in [0.5, 0.6) is 0 Å². The molecular weight excluding hydrogens is 885 g/mol. The zero-order valence-electron chi connectivity index (χ0n) is 40.9. The van der Waals surface area contributed by atoms with Crippen molar-refractivity contribution in [3.63, 3.8) is 0 Å². The minimum absolute atomic E-state index is 0.326. The van der Waals surface area contributed by atoms with Crippen LogP contribution in [-0.2, 0) is 36.8 Å². The highest BCUT2D eigenvalue weighted by Crippen LogP contribution is 2.34. The third-order valence-electron chi connectivity index (χ3n) is 11.7. The van der Waals surface area contributed by atoms with Crippen molar-refractivity contribution in [2.75, 3.05) is 49.0 Å². The number of benzene rings is 4. The summed E-state index contributed by atoms with van der Waals surface area (Å²) < 4.78 is 4.66. The zero-order chi connectivity index (χ0) is 51.0. The van der Waals surface area contributed by atoms with Gasteiger partial charge in [0.1, 0.15) is 6.61 Å². The Kier molecular flexibility index (Phi) is 22.5. The lowest BCUT2D eigenvalue weighted by molar-refractivity contribution is -0.150. The lowest BCUT2D eigenvalue weighted by atomic mass is 10.1. The van der Waals surface area contributed by atoms with Crippen molar-refractivity contribution >= 4 is 47.5 Å². The van der Waals surface area contributed by atoms with Gasteiger partial charge in [0.05, 0.1) is 7.11 Å². The summed E-state index contributed by atoms with van der Waals surface area (Å²) >= 11 is 0. The number of aryl methyl sites for hydroxylation is 2. The topological polar surface area (TPSA) is 183 Å². The first-order chi connectivity index (χ1) is 33.8. The Morgan fingerprint density at radius 2 is 0.986 bits per heavy atom. The summed E-state index contributed by atoms with van der Waals surface area (Å²) in [5.74, 6) is 10.4. The Hall–Kier alpha value is -7.58. The van der Waals surface area contributed by atoms with Gasteiger partial charge >= 0.3 is 5.97 Å². The second-order valence-electron chi connectivity index (χ2n) is 16.8. The van der Waals surface area contributed by atoms with Crippen LogP contribution in [0.1, 0.15) is 92.6 Å². The number of carbonyl (C=O) groups excluding carboxylic acids is 6. The molecule has 0 saturated heterocycles. The first-order valence-electron chi connectivity index (χ1n) is 23.2. The van der Waals surface area contributed by atoms with Crippen LogP contribution in [0, 0.1) is 35.5 Å². The highest BCUT2D eigenvalue weighted by atomic mass is 16.5. The standard InChI is InChI=1S/2C28H30N2O4.CH4O/c1-29-26(31)25(28(33)34-3)30(2)27(32)24-18-16-21(17-19-24)7-5-4-6-20-8-10-22(11-9-20)12-13-23-14-15-23;1-29-27(33)26(25(32)19-31)30(2)28(34)24-17-15-21(16-18-24)6-4-3-5-20-7-9-22(10-8-20)11-12-23-13-14-23;1-2/h5,7-11,16-19,23,25H,12-15H2,1-3H3,(H,29,31);4,6-10,15-18,23,26,31H,11-14,19H2,1-2H3,(H,29,33);2H,1H3/b7-5+;6-4+;. The Balaban J connectivity index is 0.000000294. The normalized spacial score (nSPS) is 13.3. The van der Waals surface area contributed by atoms with E-state index in [4.69, 9.17) is 10.2 Å². The monoisotopic (exact) mass is 948 g/mol. The number of methoxy groups -OCH3 is 1. The molecule has 70 heavy (non-hydrogen) atoms. The zero-order valence-corrected chi connectivity index (χ0v) is 40.9. The Morgan fingerprint density at radius 3 is 1.33 bits per heavy atom. The number of Topliss-reactive ketones (excluding diaryl/α,β-unsaturated/α-hetero) is 1. The summed E-state index contributed by atoms with van der Waals surface area (Å²) in [6, 6.07) is 27.7. The maximum atomic E-state index is 12.8. The maximum Gasteiger partial charge on any atom is 0.338 e. The lowest BCUT2D eigenvalue weighted by Crippen LogP contribution is -2.52. The summed E-state index contributed by atoms with van der Waals surface area (Å²) in [4.78, 5) is 75.5. The van der Waals surface area contributed by atoms with Crippen molar-refractivity contribution < 1.29 is 43.7 Å². The molecular formula is C57H64N4O9. The van der Waals surface area contributed by atoms with Crippen molar-refractivity contribution in [3.8, 4) is 23.7 Å². The van der Waals surface area contributed by atoms with Crippen molar-refractivity contribution in [3.05, 3.63) is 154 Å². The number of nitrogens with zero attached hydrogens (tertiary/aromatic N) is 2. The van der Waals surface area contributed by atoms with E-state index in [1.54, 1.807) is 60.7 Å². The van der Waals surface area contributed by atoms with Crippen LogP contribution in [0.2, 0.25) is 0 Å². The number of aliphatic hydroxyl groups excluding tert-OH is 2. The molecule has 4 aromatic carbocycles. The van der Waals surface area contributed by atoms with Crippen LogP contribution in [0.3, 0.4) is 0 Å². The first kappa shape index (κ1) is 55.0. The number of ether oxygens (including phenoxy) is 1. The molecule has 4 amide bonds. The molecule has 6 rings (SSSR count). The van der Waals surface area contributed by atoms with Crippen molar-refractivity contribution in [1.82, 2.24) is 20.4 Å². The molecule has 0 aliphatic heterocycles. The fourth-order valence-corrected chi connectivity index (χ4v) is 7.16. The van der Waals surface area contributed by atoms with Gasteiger partial charge in [0.25, 0.3) is 17.7 Å². The SMILES string of the molecule is CNC(=O)C(C(=O)CO)N(C)C(=O)c1ccc(/C=C/C#Cc2ccc(CCC3CC3)cc2)cc1.CNC(=O)C(C(=O)OC)N(C)C(=O)c1ccc(/C=C/C#Cc2ccc(CCC3CC3)cc2)cc1.CO. The number of hydrogen-bond donors (Lipinski definition) is 4. The van der Waals surface area contributed by atoms with Gasteiger partial charge in [0.2, 0.25) is 11.9 Å². The molecule has 366 valence electrons. The minimum Gasteiger partial charge on any atom is -0.467 e. The van der Waals surface area contributed by atoms with E-state index in [2.05, 4.69) is 75.5 Å². The molecule has 2 unspecified atom stereocenters. The van der Waals surface area contributed by atoms with Gasteiger partial charge in [-0.3, -0.25) is 24.0 Å². The fourth-order valence-electron chi connectivity index (χ4n) is 7.16. The summed E-state index contributed by atoms with van der Waals surface area (Å²) in [5, 5.41) is 20.9. The molecule has 0 aromatic heterocycles. The van der Waals surface area contributed by atoms with Crippen LogP contribution in [-0.4, -0.2) is 116 Å². The molecule has 2 saturated carbocycles. The molecule has 2 atom stereocenters. The molecule has 4 aromatic rings. The average Bonchev–Trinajstić information content (AvgIpc) is 4.36. The molecule has 0 radical (unpaired) electrons. The van der Waals surface area contributed by atoms with E-state index >= 15 is 0 Å². The predicted octanol–water partition coefficient (Wildman–Crippen LogP) is 5.90. The van der Waals surface area contributed by atoms with E-state index in [1.165, 1.54) is 85.0 Å². The van der Waals surface area contributed by atoms with Crippen LogP contribution in [0.25, 0.3) is 12.2 Å². The predicted molar refractivity (Wildman–Crippen MR) is 272 cm³/mol. The molecule has 0 heterocycles. The number of hydrogen-bond acceptors (Lipinski definition) is 9. The summed E-state index contributed by atoms with van der Waals surface area (Å²) in [6.45, 7) is -0.828. The number of allylic oxidation sites excluding steroid dienone is 2. The number of carbonyl (C=O) groups is 6. The largest absolute Gasteiger partial charge is 0.467 e. The lowest BCUT2D eigenvalue weighted by Gasteiger charge is -2.25. The molecule has 4 N–H and O–H groups in total. The number of ketones is 1. The van der Waals surface area contributed by atoms with E-state index in [1.807, 2.05) is 24.3 Å². The molecule has 2 aliphatic carbocycles. The van der Waals surface area contributed by atoms with Gasteiger partial charge in [-0.05, 0) is 133 Å². The van der Waals surface area contributed by atoms with E-state index < -0.39 is 54.1 Å². The third kappa shape index (κ3) is 17.5. The Bertz CT molecular complexity index is 2360. The Morgan fingerprint density at radius 1 is 0.614 bits per heavy atom. The third-order valence-corrected chi connectivity index (χ3v) is 11.7. The van der Waals surface area contributed by atoms with Gasteiger partial charge in [-0.15, -0.1) is 0 Å². The van der Waals surface area contributed by atoms with Gasteiger partial charge in [-0.2, -0.15) is 0 Å². The van der Waals surface area contributed by atoms with Crippen molar-refractivity contribution in [1.29, 1.82) is 0 Å². The number of amides is 4. The summed E-state index contributed by atoms with van der Waals surface area (Å²) in [5.41, 5.74) is 7.07. The summed E-state index contributed by atoms with van der Waals surface area (Å²) in [7, 11) is 7.69. The molecule has 2 fully saturated rings. The van der Waals surface area contributed by atoms with Gasteiger partial charge < -0.3 is 35.4 Å². The number of esters is 1. The van der Waals surface area contributed by atoms with Gasteiger partial charge in [-0.25, -0.2) is 4.79 Å². The van der Waals surface area contributed by atoms with Gasteiger partial charge in [0.15, 0.2) is 11.8 Å². The van der Waals surface area contributed by atoms with E-state index in [9.17, 15) is 28.8 Å². The van der Waals surface area contributed by atoms with Crippen LogP contribution >= 0.6 is 0 Å². The molecule has 13 heteroatoms. The molecule has 2 aliphatic rings. The quantitative estimate of drug-likeness (QED) is 0.0569. The summed E-state index contributed by atoms with van der Waals surface area (Å²) in [6.07, 6.45) is 17.6. The highest BCUT2D eigenvalue weighted by Gasteiger charge is 2.35. The van der Waals surface area contributed by atoms with Crippen molar-refractivity contribution in [2.24, 2.45) is 11.8 Å². The highest BCUT2D eigenvalue weighted by molar-refractivity contribution is 6.10. The van der Waals surface area contributed by atoms with Crippen molar-refractivity contribution in [2.45, 2.75) is 63.5 Å². The van der Waals surface area contributed by atoms with Crippen LogP contribution in [0.4, 0.5) is 0 Å². The number of rotatable bonds is 17. The molecule has 13 nitrogen and oxygen atoms in total. The smallest absolute Gasteiger partial charge is 0.338 e. The first-order valence-corrected chi connectivity index (χ1v) is 23.2. The number of aliphatic hydroxyl groups is 2. The van der Waals surface area contributed by atoms with Gasteiger partial charge in [0, 0.05) is 57.6 Å². The van der Waals surface area contributed by atoms with E-state index in [0.29, 0.717) is 11.1 Å². The minimum atomic E-state index is -1.38. The van der Waals surface area contributed by atoms with E-state index in [-0.39, 0.29) is 0 Å². The number of likely N-dealkylation sites (N-methyl/N-ethyl adjacent to an activating group) is 4. The second kappa shape index (κ2) is 28.7.